The Morgan fingerprint density at radius 1 is 1.03 bits per heavy atom. The van der Waals surface area contributed by atoms with Crippen LogP contribution in [-0.2, 0) is 4.74 Å². The molecule has 3 rings (SSSR count). The molecule has 2 N–H and O–H groups in total. The van der Waals surface area contributed by atoms with Gasteiger partial charge in [0.05, 0.1) is 5.56 Å². The summed E-state index contributed by atoms with van der Waals surface area (Å²) in [5, 5.41) is 5.76. The Kier molecular flexibility index (Phi) is 8.41. The van der Waals surface area contributed by atoms with Crippen LogP contribution < -0.4 is 15.5 Å². The molecule has 1 fully saturated rings. The van der Waals surface area contributed by atoms with Crippen molar-refractivity contribution in [3.63, 3.8) is 0 Å². The number of rotatable bonds is 9. The Labute approximate surface area is 182 Å². The minimum Gasteiger partial charge on any atom is -0.382 e. The minimum absolute atomic E-state index is 0.171. The highest BCUT2D eigenvalue weighted by molar-refractivity contribution is 6.06. The summed E-state index contributed by atoms with van der Waals surface area (Å²) >= 11 is 0. The van der Waals surface area contributed by atoms with Gasteiger partial charge in [0.1, 0.15) is 5.82 Å². The third kappa shape index (κ3) is 6.52. The second-order valence-corrected chi connectivity index (χ2v) is 7.55. The number of benzene rings is 2. The number of anilines is 2. The first-order valence-electron chi connectivity index (χ1n) is 10.9. The quantitative estimate of drug-likeness (QED) is 0.588. The van der Waals surface area contributed by atoms with Crippen molar-refractivity contribution >= 4 is 23.2 Å². The molecule has 7 heteroatoms. The third-order valence-electron chi connectivity index (χ3n) is 5.26. The van der Waals surface area contributed by atoms with Crippen LogP contribution in [-0.4, -0.2) is 44.7 Å². The maximum Gasteiger partial charge on any atom is 0.255 e. The first kappa shape index (κ1) is 22.7. The SMILES string of the molecule is CCOCCCNC(=O)c1cc(NC(=O)c2ccc(F)cc2)ccc1N1CCCCC1. The summed E-state index contributed by atoms with van der Waals surface area (Å²) in [5.41, 5.74) is 2.29. The lowest BCUT2D eigenvalue weighted by Crippen LogP contribution is -2.33. The fourth-order valence-corrected chi connectivity index (χ4v) is 3.63. The second kappa shape index (κ2) is 11.5. The summed E-state index contributed by atoms with van der Waals surface area (Å²) in [6.07, 6.45) is 4.12. The van der Waals surface area contributed by atoms with Gasteiger partial charge in [0.15, 0.2) is 0 Å². The van der Waals surface area contributed by atoms with E-state index >= 15 is 0 Å². The van der Waals surface area contributed by atoms with Crippen molar-refractivity contribution in [3.05, 3.63) is 59.4 Å². The molecule has 0 radical (unpaired) electrons. The second-order valence-electron chi connectivity index (χ2n) is 7.55. The number of hydrogen-bond acceptors (Lipinski definition) is 4. The van der Waals surface area contributed by atoms with Crippen molar-refractivity contribution in [2.24, 2.45) is 0 Å². The Morgan fingerprint density at radius 2 is 1.77 bits per heavy atom. The molecule has 1 saturated heterocycles. The molecule has 1 aliphatic rings. The smallest absolute Gasteiger partial charge is 0.255 e. The van der Waals surface area contributed by atoms with Gasteiger partial charge in [-0.15, -0.1) is 0 Å². The lowest BCUT2D eigenvalue weighted by atomic mass is 10.1. The molecule has 1 aliphatic heterocycles. The average molecular weight is 428 g/mol. The van der Waals surface area contributed by atoms with Crippen LogP contribution in [0.3, 0.4) is 0 Å². The highest BCUT2D eigenvalue weighted by Crippen LogP contribution is 2.27. The van der Waals surface area contributed by atoms with E-state index in [1.165, 1.54) is 30.7 Å². The van der Waals surface area contributed by atoms with Crippen LogP contribution in [0.4, 0.5) is 15.8 Å². The van der Waals surface area contributed by atoms with E-state index in [4.69, 9.17) is 4.74 Å². The highest BCUT2D eigenvalue weighted by atomic mass is 19.1. The number of piperidine rings is 1. The van der Waals surface area contributed by atoms with E-state index in [2.05, 4.69) is 15.5 Å². The molecule has 31 heavy (non-hydrogen) atoms. The molecule has 0 spiro atoms. The Bertz CT molecular complexity index is 880. The minimum atomic E-state index is -0.397. The Hall–Kier alpha value is -2.93. The molecule has 0 saturated carbocycles. The summed E-state index contributed by atoms with van der Waals surface area (Å²) < 4.78 is 18.4. The molecule has 0 aliphatic carbocycles. The molecule has 0 aromatic heterocycles. The van der Waals surface area contributed by atoms with E-state index in [1.54, 1.807) is 12.1 Å². The topological polar surface area (TPSA) is 70.7 Å². The molecule has 0 unspecified atom stereocenters. The van der Waals surface area contributed by atoms with Crippen LogP contribution in [0.5, 0.6) is 0 Å². The monoisotopic (exact) mass is 427 g/mol. The van der Waals surface area contributed by atoms with Gasteiger partial charge in [-0.05, 0) is 75.1 Å². The number of carbonyl (C=O) groups excluding carboxylic acids is 2. The van der Waals surface area contributed by atoms with Crippen LogP contribution in [0.1, 0.15) is 53.3 Å². The van der Waals surface area contributed by atoms with E-state index in [0.29, 0.717) is 36.6 Å². The van der Waals surface area contributed by atoms with Crippen LogP contribution in [0.15, 0.2) is 42.5 Å². The summed E-state index contributed by atoms with van der Waals surface area (Å²) in [7, 11) is 0. The normalized spacial score (nSPS) is 13.7. The predicted octanol–water partition coefficient (Wildman–Crippen LogP) is 4.22. The van der Waals surface area contributed by atoms with Gasteiger partial charge < -0.3 is 20.3 Å². The van der Waals surface area contributed by atoms with Crippen LogP contribution in [0, 0.1) is 5.82 Å². The van der Waals surface area contributed by atoms with E-state index < -0.39 is 5.82 Å². The van der Waals surface area contributed by atoms with Gasteiger partial charge in [-0.1, -0.05) is 0 Å². The number of carbonyl (C=O) groups is 2. The van der Waals surface area contributed by atoms with Gasteiger partial charge in [0, 0.05) is 49.8 Å². The maximum atomic E-state index is 13.1. The highest BCUT2D eigenvalue weighted by Gasteiger charge is 2.20. The van der Waals surface area contributed by atoms with Gasteiger partial charge in [0.25, 0.3) is 11.8 Å². The zero-order valence-electron chi connectivity index (χ0n) is 18.0. The predicted molar refractivity (Wildman–Crippen MR) is 120 cm³/mol. The Balaban J connectivity index is 1.76. The van der Waals surface area contributed by atoms with E-state index in [9.17, 15) is 14.0 Å². The number of amides is 2. The van der Waals surface area contributed by atoms with Gasteiger partial charge in [0.2, 0.25) is 0 Å². The molecular weight excluding hydrogens is 397 g/mol. The molecule has 2 aromatic rings. The van der Waals surface area contributed by atoms with Crippen LogP contribution in [0.25, 0.3) is 0 Å². The number of nitrogens with one attached hydrogen (secondary N) is 2. The summed E-state index contributed by atoms with van der Waals surface area (Å²) in [6.45, 7) is 5.53. The molecule has 1 heterocycles. The van der Waals surface area contributed by atoms with Crippen molar-refractivity contribution in [1.82, 2.24) is 5.32 Å². The number of hydrogen-bond donors (Lipinski definition) is 2. The van der Waals surface area contributed by atoms with Crippen molar-refractivity contribution < 1.29 is 18.7 Å². The fraction of sp³-hybridized carbons (Fsp3) is 0.417. The first-order chi connectivity index (χ1) is 15.1. The molecule has 0 bridgehead atoms. The maximum absolute atomic E-state index is 13.1. The zero-order chi connectivity index (χ0) is 22.1. The van der Waals surface area contributed by atoms with Crippen LogP contribution in [0.2, 0.25) is 0 Å². The Morgan fingerprint density at radius 3 is 2.48 bits per heavy atom. The van der Waals surface area contributed by atoms with Gasteiger partial charge in [-0.2, -0.15) is 0 Å². The van der Waals surface area contributed by atoms with Crippen molar-refractivity contribution in [2.45, 2.75) is 32.6 Å². The van der Waals surface area contributed by atoms with Gasteiger partial charge in [-0.3, -0.25) is 9.59 Å². The summed E-state index contributed by atoms with van der Waals surface area (Å²) in [4.78, 5) is 27.7. The van der Waals surface area contributed by atoms with Gasteiger partial charge >= 0.3 is 0 Å². The van der Waals surface area contributed by atoms with E-state index in [-0.39, 0.29) is 11.8 Å². The molecule has 2 aromatic carbocycles. The van der Waals surface area contributed by atoms with E-state index in [0.717, 1.165) is 38.0 Å². The van der Waals surface area contributed by atoms with Gasteiger partial charge in [-0.25, -0.2) is 4.39 Å². The fourth-order valence-electron chi connectivity index (χ4n) is 3.63. The average Bonchev–Trinajstić information content (AvgIpc) is 2.79. The van der Waals surface area contributed by atoms with Crippen molar-refractivity contribution in [2.75, 3.05) is 43.1 Å². The largest absolute Gasteiger partial charge is 0.382 e. The van der Waals surface area contributed by atoms with E-state index in [1.807, 2.05) is 13.0 Å². The zero-order valence-corrected chi connectivity index (χ0v) is 18.0. The summed E-state index contributed by atoms with van der Waals surface area (Å²) in [6, 6.07) is 10.8. The van der Waals surface area contributed by atoms with Crippen molar-refractivity contribution in [3.8, 4) is 0 Å². The molecule has 6 nitrogen and oxygen atoms in total. The van der Waals surface area contributed by atoms with Crippen molar-refractivity contribution in [1.29, 1.82) is 0 Å². The molecule has 0 atom stereocenters. The van der Waals surface area contributed by atoms with Crippen LogP contribution >= 0.6 is 0 Å². The first-order valence-corrected chi connectivity index (χ1v) is 10.9. The number of ether oxygens (including phenoxy) is 1. The standard InChI is InChI=1S/C24H30FN3O3/c1-2-31-16-6-13-26-24(30)21-17-20(11-12-22(21)28-14-4-3-5-15-28)27-23(29)18-7-9-19(25)10-8-18/h7-12,17H,2-6,13-16H2,1H3,(H,26,30)(H,27,29). The molecule has 166 valence electrons. The third-order valence-corrected chi connectivity index (χ3v) is 5.26. The number of nitrogens with zero attached hydrogens (tertiary/aromatic N) is 1. The summed E-state index contributed by atoms with van der Waals surface area (Å²) in [5.74, 6) is -0.922. The molecule has 2 amide bonds. The lowest BCUT2D eigenvalue weighted by Gasteiger charge is -2.30. The number of halogens is 1. The molecular formula is C24H30FN3O3. The lowest BCUT2D eigenvalue weighted by molar-refractivity contribution is 0.0943.